The summed E-state index contributed by atoms with van der Waals surface area (Å²) in [4.78, 5) is 23.3. The molecule has 15 heavy (non-hydrogen) atoms. The number of nitrogens with one attached hydrogen (secondary N) is 2. The molecule has 0 aromatic rings. The summed E-state index contributed by atoms with van der Waals surface area (Å²) in [6.45, 7) is 6.02. The van der Waals surface area contributed by atoms with E-state index in [1.54, 1.807) is 0 Å². The van der Waals surface area contributed by atoms with Crippen molar-refractivity contribution in [3.63, 3.8) is 0 Å². The minimum atomic E-state index is -0.767. The van der Waals surface area contributed by atoms with E-state index in [4.69, 9.17) is 5.73 Å². The number of carbonyl (C=O) groups is 2. The first-order valence-corrected chi connectivity index (χ1v) is 5.45. The number of likely N-dealkylation sites (tertiary alicyclic amines) is 1. The first kappa shape index (κ1) is 12.0. The molecule has 0 bridgehead atoms. The zero-order chi connectivity index (χ0) is 11.4. The number of hydrogen-bond donors (Lipinski definition) is 3. The molecular weight excluding hydrogens is 194 g/mol. The summed E-state index contributed by atoms with van der Waals surface area (Å²) in [6, 6.07) is -0.962. The zero-order valence-electron chi connectivity index (χ0n) is 9.38. The van der Waals surface area contributed by atoms with Crippen molar-refractivity contribution in [2.24, 2.45) is 11.7 Å². The van der Waals surface area contributed by atoms with Crippen molar-refractivity contribution in [2.75, 3.05) is 13.1 Å². The van der Waals surface area contributed by atoms with Gasteiger partial charge in [0.2, 0.25) is 0 Å². The lowest BCUT2D eigenvalue weighted by Gasteiger charge is -2.31. The van der Waals surface area contributed by atoms with Gasteiger partial charge in [0, 0.05) is 5.92 Å². The van der Waals surface area contributed by atoms with Gasteiger partial charge in [-0.3, -0.25) is 10.1 Å². The van der Waals surface area contributed by atoms with Crippen molar-refractivity contribution in [3.8, 4) is 0 Å². The molecule has 0 aliphatic carbocycles. The molecule has 1 rings (SSSR count). The second-order valence-electron chi connectivity index (χ2n) is 4.43. The van der Waals surface area contributed by atoms with Crippen LogP contribution in [0.2, 0.25) is 0 Å². The number of piperidine rings is 1. The smallest absolute Gasteiger partial charge is 0.319 e. The number of nitrogens with two attached hydrogens (primary N) is 1. The average Bonchev–Trinajstić information content (AvgIpc) is 2.15. The quantitative estimate of drug-likeness (QED) is 0.545. The summed E-state index contributed by atoms with van der Waals surface area (Å²) in [5, 5.41) is 2.13. The summed E-state index contributed by atoms with van der Waals surface area (Å²) >= 11 is 0. The molecule has 3 atom stereocenters. The Morgan fingerprint density at radius 2 is 2.20 bits per heavy atom. The minimum absolute atomic E-state index is 0.194. The Hall–Kier alpha value is -1.10. The van der Waals surface area contributed by atoms with Crippen LogP contribution in [-0.2, 0) is 4.79 Å². The number of imide groups is 1. The summed E-state index contributed by atoms with van der Waals surface area (Å²) in [5.74, 6) is 0.379. The van der Waals surface area contributed by atoms with Crippen LogP contribution >= 0.6 is 0 Å². The lowest BCUT2D eigenvalue weighted by molar-refractivity contribution is -0.922. The Balaban J connectivity index is 2.47. The molecule has 3 amide bonds. The highest BCUT2D eigenvalue weighted by molar-refractivity contribution is 5.95. The van der Waals surface area contributed by atoms with Crippen molar-refractivity contribution < 1.29 is 14.5 Å². The van der Waals surface area contributed by atoms with Gasteiger partial charge < -0.3 is 10.6 Å². The molecule has 0 radical (unpaired) electrons. The lowest BCUT2D eigenvalue weighted by Crippen LogP contribution is -3.18. The number of rotatable bonds is 2. The van der Waals surface area contributed by atoms with E-state index in [-0.39, 0.29) is 11.9 Å². The molecule has 5 heteroatoms. The molecular formula is C10H20N3O2+. The molecule has 4 N–H and O–H groups in total. The van der Waals surface area contributed by atoms with Crippen molar-refractivity contribution in [2.45, 2.75) is 32.7 Å². The van der Waals surface area contributed by atoms with Gasteiger partial charge in [0.05, 0.1) is 13.1 Å². The number of quaternary nitrogens is 1. The van der Waals surface area contributed by atoms with Gasteiger partial charge in [-0.2, -0.15) is 0 Å². The van der Waals surface area contributed by atoms with Crippen LogP contribution in [0.25, 0.3) is 0 Å². The molecule has 0 aromatic heterocycles. The molecule has 0 saturated carbocycles. The van der Waals surface area contributed by atoms with Crippen LogP contribution in [0.5, 0.6) is 0 Å². The Morgan fingerprint density at radius 3 is 2.73 bits per heavy atom. The minimum Gasteiger partial charge on any atom is -0.351 e. The third kappa shape index (κ3) is 3.51. The van der Waals surface area contributed by atoms with Crippen LogP contribution in [-0.4, -0.2) is 31.1 Å². The van der Waals surface area contributed by atoms with Gasteiger partial charge in [-0.15, -0.1) is 0 Å². The zero-order valence-corrected chi connectivity index (χ0v) is 9.38. The fraction of sp³-hybridized carbons (Fsp3) is 0.800. The third-order valence-corrected chi connectivity index (χ3v) is 3.06. The summed E-state index contributed by atoms with van der Waals surface area (Å²) in [6.07, 6.45) is 2.37. The number of amides is 3. The van der Waals surface area contributed by atoms with Crippen LogP contribution in [0.4, 0.5) is 4.79 Å². The van der Waals surface area contributed by atoms with Crippen LogP contribution in [0.1, 0.15) is 26.7 Å². The van der Waals surface area contributed by atoms with E-state index in [0.717, 1.165) is 19.5 Å². The van der Waals surface area contributed by atoms with E-state index in [1.807, 2.05) is 6.92 Å². The van der Waals surface area contributed by atoms with E-state index < -0.39 is 6.03 Å². The Kier molecular flexibility index (Phi) is 4.08. The van der Waals surface area contributed by atoms with Gasteiger partial charge in [0.15, 0.2) is 6.04 Å². The number of hydrogen-bond acceptors (Lipinski definition) is 2. The first-order chi connectivity index (χ1) is 7.00. The van der Waals surface area contributed by atoms with Crippen LogP contribution in [0.15, 0.2) is 0 Å². The third-order valence-electron chi connectivity index (χ3n) is 3.06. The molecule has 1 saturated heterocycles. The van der Waals surface area contributed by atoms with E-state index in [1.165, 1.54) is 11.3 Å². The highest BCUT2D eigenvalue weighted by Crippen LogP contribution is 2.05. The maximum absolute atomic E-state index is 11.5. The fourth-order valence-electron chi connectivity index (χ4n) is 2.14. The van der Waals surface area contributed by atoms with Crippen LogP contribution in [0.3, 0.4) is 0 Å². The van der Waals surface area contributed by atoms with Crippen LogP contribution in [0, 0.1) is 5.92 Å². The van der Waals surface area contributed by atoms with Crippen molar-refractivity contribution >= 4 is 11.9 Å². The van der Waals surface area contributed by atoms with Gasteiger partial charge in [0.1, 0.15) is 0 Å². The van der Waals surface area contributed by atoms with E-state index in [2.05, 4.69) is 12.2 Å². The first-order valence-electron chi connectivity index (χ1n) is 5.45. The standard InChI is InChI=1S/C10H19N3O2/c1-7-4-3-5-13(6-7)8(2)9(14)12-10(11)15/h7-8H,3-6H2,1-2H3,(H3,11,12,14,15)/p+1/t7-,8+/m1/s1. The van der Waals surface area contributed by atoms with E-state index in [0.29, 0.717) is 5.92 Å². The van der Waals surface area contributed by atoms with Crippen LogP contribution < -0.4 is 16.0 Å². The largest absolute Gasteiger partial charge is 0.351 e. The predicted molar refractivity (Wildman–Crippen MR) is 56.3 cm³/mol. The van der Waals surface area contributed by atoms with E-state index in [9.17, 15) is 9.59 Å². The fourth-order valence-corrected chi connectivity index (χ4v) is 2.14. The molecule has 0 spiro atoms. The van der Waals surface area contributed by atoms with Crippen molar-refractivity contribution in [3.05, 3.63) is 0 Å². The van der Waals surface area contributed by atoms with Gasteiger partial charge in [0.25, 0.3) is 5.91 Å². The van der Waals surface area contributed by atoms with Gasteiger partial charge in [-0.05, 0) is 19.8 Å². The summed E-state index contributed by atoms with van der Waals surface area (Å²) in [7, 11) is 0. The Labute approximate surface area is 90.0 Å². The maximum atomic E-state index is 11.5. The molecule has 0 aromatic carbocycles. The van der Waals surface area contributed by atoms with Crippen molar-refractivity contribution in [1.29, 1.82) is 0 Å². The second kappa shape index (κ2) is 5.11. The number of primary amides is 1. The monoisotopic (exact) mass is 214 g/mol. The lowest BCUT2D eigenvalue weighted by atomic mass is 9.99. The molecule has 1 aliphatic heterocycles. The molecule has 1 fully saturated rings. The molecule has 5 nitrogen and oxygen atoms in total. The summed E-state index contributed by atoms with van der Waals surface area (Å²) < 4.78 is 0. The number of carbonyl (C=O) groups excluding carboxylic acids is 2. The van der Waals surface area contributed by atoms with Crippen molar-refractivity contribution in [1.82, 2.24) is 5.32 Å². The molecule has 1 unspecified atom stereocenters. The van der Waals surface area contributed by atoms with Gasteiger partial charge >= 0.3 is 6.03 Å². The molecule has 86 valence electrons. The Morgan fingerprint density at radius 1 is 1.53 bits per heavy atom. The highest BCUT2D eigenvalue weighted by atomic mass is 16.2. The van der Waals surface area contributed by atoms with Gasteiger partial charge in [-0.25, -0.2) is 4.79 Å². The van der Waals surface area contributed by atoms with E-state index >= 15 is 0 Å². The highest BCUT2D eigenvalue weighted by Gasteiger charge is 2.29. The molecule has 1 heterocycles. The van der Waals surface area contributed by atoms with Gasteiger partial charge in [-0.1, -0.05) is 6.92 Å². The SMILES string of the molecule is C[C@@H]1CCC[NH+]([C@@H](C)C(=O)NC(N)=O)C1. The Bertz CT molecular complexity index is 255. The number of urea groups is 1. The predicted octanol–water partition coefficient (Wildman–Crippen LogP) is -1.12. The second-order valence-corrected chi connectivity index (χ2v) is 4.43. The topological polar surface area (TPSA) is 76.6 Å². The maximum Gasteiger partial charge on any atom is 0.319 e. The normalized spacial score (nSPS) is 28.1. The molecule has 1 aliphatic rings. The average molecular weight is 214 g/mol. The summed E-state index contributed by atoms with van der Waals surface area (Å²) in [5.41, 5.74) is 4.91.